The van der Waals surface area contributed by atoms with Crippen molar-refractivity contribution in [2.75, 3.05) is 13.7 Å². The molecule has 0 bridgehead atoms. The molecule has 33 heavy (non-hydrogen) atoms. The topological polar surface area (TPSA) is 95.9 Å². The predicted molar refractivity (Wildman–Crippen MR) is 124 cm³/mol. The van der Waals surface area contributed by atoms with Crippen molar-refractivity contribution in [1.29, 1.82) is 0 Å². The fourth-order valence-corrected chi connectivity index (χ4v) is 5.01. The van der Waals surface area contributed by atoms with Crippen LogP contribution in [-0.4, -0.2) is 53.7 Å². The molecule has 2 aromatic carbocycles. The first-order valence-electron chi connectivity index (χ1n) is 11.5. The molecule has 1 fully saturated rings. The minimum absolute atomic E-state index is 0.00439. The highest BCUT2D eigenvalue weighted by molar-refractivity contribution is 5.83. The highest BCUT2D eigenvalue weighted by Gasteiger charge is 2.34. The largest absolute Gasteiger partial charge is 0.480 e. The second-order valence-corrected chi connectivity index (χ2v) is 8.99. The van der Waals surface area contributed by atoms with E-state index in [1.165, 1.54) is 30.0 Å². The van der Waals surface area contributed by atoms with Gasteiger partial charge in [0, 0.05) is 25.4 Å². The number of likely N-dealkylation sites (N-methyl/N-ethyl adjacent to an activating group) is 1. The molecule has 0 saturated heterocycles. The third-order valence-corrected chi connectivity index (χ3v) is 7.07. The number of fused-ring (bicyclic) bond motifs is 3. The summed E-state index contributed by atoms with van der Waals surface area (Å²) in [6.45, 7) is 1.73. The van der Waals surface area contributed by atoms with E-state index in [9.17, 15) is 14.4 Å². The molecule has 3 unspecified atom stereocenters. The van der Waals surface area contributed by atoms with Gasteiger partial charge >= 0.3 is 12.1 Å². The molecule has 7 heteroatoms. The lowest BCUT2D eigenvalue weighted by Gasteiger charge is -2.26. The molecule has 2 amide bonds. The fourth-order valence-electron chi connectivity index (χ4n) is 5.01. The lowest BCUT2D eigenvalue weighted by atomic mass is 9.98. The van der Waals surface area contributed by atoms with Crippen LogP contribution in [-0.2, 0) is 14.3 Å². The van der Waals surface area contributed by atoms with Crippen molar-refractivity contribution >= 4 is 18.0 Å². The summed E-state index contributed by atoms with van der Waals surface area (Å²) in [5.41, 5.74) is 4.67. The maximum atomic E-state index is 12.6. The number of benzene rings is 2. The average Bonchev–Trinajstić information content (AvgIpc) is 3.38. The molecule has 0 aromatic heterocycles. The van der Waals surface area contributed by atoms with E-state index >= 15 is 0 Å². The van der Waals surface area contributed by atoms with Gasteiger partial charge in [-0.15, -0.1) is 0 Å². The summed E-state index contributed by atoms with van der Waals surface area (Å²) < 4.78 is 5.65. The van der Waals surface area contributed by atoms with E-state index in [0.29, 0.717) is 0 Å². The Morgan fingerprint density at radius 2 is 1.67 bits per heavy atom. The van der Waals surface area contributed by atoms with Gasteiger partial charge < -0.3 is 20.1 Å². The molecule has 0 heterocycles. The molecule has 4 rings (SSSR count). The summed E-state index contributed by atoms with van der Waals surface area (Å²) in [5.74, 6) is -1.29. The zero-order valence-electron chi connectivity index (χ0n) is 19.0. The summed E-state index contributed by atoms with van der Waals surface area (Å²) in [4.78, 5) is 37.6. The number of carbonyl (C=O) groups excluding carboxylic acids is 2. The molecular formula is C26H30N2O5. The predicted octanol–water partition coefficient (Wildman–Crippen LogP) is 4.02. The Balaban J connectivity index is 1.34. The van der Waals surface area contributed by atoms with Gasteiger partial charge in [0.1, 0.15) is 12.6 Å². The zero-order chi connectivity index (χ0) is 23.5. The standard InChI is InChI=1S/C26H30N2O5/c1-16(25(30)31)28(2)24(29)14-17-8-7-13-23(17)27-26(32)33-15-22-20-11-5-3-9-18(20)19-10-4-6-12-21(19)22/h3-6,9-12,16-17,22-23H,7-8,13-15H2,1-2H3,(H,27,32)(H,30,31). The molecule has 0 aliphatic heterocycles. The van der Waals surface area contributed by atoms with E-state index in [-0.39, 0.29) is 36.8 Å². The maximum Gasteiger partial charge on any atom is 0.407 e. The second kappa shape index (κ2) is 9.65. The number of carboxylic acid groups (broad SMARTS) is 1. The Morgan fingerprint density at radius 3 is 2.27 bits per heavy atom. The number of carbonyl (C=O) groups is 3. The molecule has 2 aliphatic carbocycles. The maximum absolute atomic E-state index is 12.6. The summed E-state index contributed by atoms with van der Waals surface area (Å²) in [7, 11) is 1.50. The third-order valence-electron chi connectivity index (χ3n) is 7.07. The zero-order valence-corrected chi connectivity index (χ0v) is 19.0. The SMILES string of the molecule is CC(C(=O)O)N(C)C(=O)CC1CCCC1NC(=O)OCC1c2ccccc2-c2ccccc21. The number of hydrogen-bond donors (Lipinski definition) is 2. The number of aliphatic carboxylic acids is 1. The lowest BCUT2D eigenvalue weighted by Crippen LogP contribution is -2.43. The summed E-state index contributed by atoms with van der Waals surface area (Å²) >= 11 is 0. The Morgan fingerprint density at radius 1 is 1.06 bits per heavy atom. The smallest absolute Gasteiger partial charge is 0.407 e. The molecule has 7 nitrogen and oxygen atoms in total. The van der Waals surface area contributed by atoms with Crippen molar-refractivity contribution in [2.45, 2.75) is 50.6 Å². The minimum atomic E-state index is -1.04. The number of amides is 2. The second-order valence-electron chi connectivity index (χ2n) is 8.99. The monoisotopic (exact) mass is 450 g/mol. The highest BCUT2D eigenvalue weighted by Crippen LogP contribution is 2.44. The lowest BCUT2D eigenvalue weighted by molar-refractivity contribution is -0.148. The van der Waals surface area contributed by atoms with E-state index in [4.69, 9.17) is 9.84 Å². The van der Waals surface area contributed by atoms with Gasteiger partial charge in [-0.05, 0) is 47.9 Å². The number of carboxylic acids is 1. The van der Waals surface area contributed by atoms with E-state index in [0.717, 1.165) is 30.4 Å². The Kier molecular flexibility index (Phi) is 6.67. The first-order chi connectivity index (χ1) is 15.9. The van der Waals surface area contributed by atoms with Crippen LogP contribution < -0.4 is 5.32 Å². The molecule has 0 spiro atoms. The van der Waals surface area contributed by atoms with E-state index in [1.807, 2.05) is 24.3 Å². The molecular weight excluding hydrogens is 420 g/mol. The van der Waals surface area contributed by atoms with E-state index in [2.05, 4.69) is 29.6 Å². The minimum Gasteiger partial charge on any atom is -0.480 e. The van der Waals surface area contributed by atoms with Crippen LogP contribution in [0.15, 0.2) is 48.5 Å². The molecule has 2 N–H and O–H groups in total. The first kappa shape index (κ1) is 22.8. The van der Waals surface area contributed by atoms with Gasteiger partial charge in [0.05, 0.1) is 0 Å². The highest BCUT2D eigenvalue weighted by atomic mass is 16.5. The molecule has 0 radical (unpaired) electrons. The van der Waals surface area contributed by atoms with Crippen molar-refractivity contribution in [2.24, 2.45) is 5.92 Å². The van der Waals surface area contributed by atoms with Crippen LogP contribution in [0.2, 0.25) is 0 Å². The van der Waals surface area contributed by atoms with Crippen LogP contribution in [0.3, 0.4) is 0 Å². The summed E-state index contributed by atoms with van der Waals surface area (Å²) in [6, 6.07) is 15.3. The number of nitrogens with one attached hydrogen (secondary N) is 1. The fraction of sp³-hybridized carbons (Fsp3) is 0.423. The van der Waals surface area contributed by atoms with Gasteiger partial charge in [-0.2, -0.15) is 0 Å². The van der Waals surface area contributed by atoms with Gasteiger partial charge in [-0.25, -0.2) is 9.59 Å². The molecule has 1 saturated carbocycles. The third kappa shape index (κ3) is 4.72. The molecule has 174 valence electrons. The van der Waals surface area contributed by atoms with Crippen LogP contribution in [0.1, 0.15) is 49.7 Å². The van der Waals surface area contributed by atoms with Crippen molar-refractivity contribution in [3.05, 3.63) is 59.7 Å². The van der Waals surface area contributed by atoms with Crippen LogP contribution in [0, 0.1) is 5.92 Å². The van der Waals surface area contributed by atoms with Crippen LogP contribution in [0.4, 0.5) is 4.79 Å². The van der Waals surface area contributed by atoms with Gasteiger partial charge in [-0.3, -0.25) is 4.79 Å². The molecule has 2 aromatic rings. The average molecular weight is 451 g/mol. The number of rotatable bonds is 7. The summed E-state index contributed by atoms with van der Waals surface area (Å²) in [6.07, 6.45) is 2.23. The van der Waals surface area contributed by atoms with Gasteiger partial charge in [0.2, 0.25) is 5.91 Å². The van der Waals surface area contributed by atoms with Crippen LogP contribution in [0.25, 0.3) is 11.1 Å². The number of nitrogens with zero attached hydrogens (tertiary/aromatic N) is 1. The Labute approximate surface area is 193 Å². The van der Waals surface area contributed by atoms with Crippen molar-refractivity contribution in [3.8, 4) is 11.1 Å². The Bertz CT molecular complexity index is 1010. The quantitative estimate of drug-likeness (QED) is 0.664. The van der Waals surface area contributed by atoms with Gasteiger partial charge in [-0.1, -0.05) is 55.0 Å². The van der Waals surface area contributed by atoms with Gasteiger partial charge in [0.25, 0.3) is 0 Å². The van der Waals surface area contributed by atoms with Crippen molar-refractivity contribution in [3.63, 3.8) is 0 Å². The summed E-state index contributed by atoms with van der Waals surface area (Å²) in [5, 5.41) is 12.1. The number of alkyl carbamates (subject to hydrolysis) is 1. The number of hydrogen-bond acceptors (Lipinski definition) is 4. The van der Waals surface area contributed by atoms with Gasteiger partial charge in [0.15, 0.2) is 0 Å². The normalized spacial score (nSPS) is 19.9. The van der Waals surface area contributed by atoms with Crippen molar-refractivity contribution < 1.29 is 24.2 Å². The van der Waals surface area contributed by atoms with Crippen LogP contribution >= 0.6 is 0 Å². The van der Waals surface area contributed by atoms with Crippen LogP contribution in [0.5, 0.6) is 0 Å². The van der Waals surface area contributed by atoms with Crippen molar-refractivity contribution in [1.82, 2.24) is 10.2 Å². The molecule has 3 atom stereocenters. The van der Waals surface area contributed by atoms with E-state index in [1.54, 1.807) is 0 Å². The molecule has 2 aliphatic rings. The number of ether oxygens (including phenoxy) is 1. The first-order valence-corrected chi connectivity index (χ1v) is 11.5. The van der Waals surface area contributed by atoms with E-state index < -0.39 is 18.1 Å². The Hall–Kier alpha value is -3.35.